The molecule has 0 atom stereocenters. The van der Waals surface area contributed by atoms with Gasteiger partial charge in [0.15, 0.2) is 0 Å². The van der Waals surface area contributed by atoms with Crippen molar-refractivity contribution in [2.75, 3.05) is 49.5 Å². The lowest BCUT2D eigenvalue weighted by Crippen LogP contribution is -2.46. The smallest absolute Gasteiger partial charge is 0.370 e. The van der Waals surface area contributed by atoms with Crippen LogP contribution in [0.4, 0.5) is 24.7 Å². The van der Waals surface area contributed by atoms with Gasteiger partial charge >= 0.3 is 6.18 Å². The summed E-state index contributed by atoms with van der Waals surface area (Å²) in [6, 6.07) is 20.0. The number of piperazine rings is 1. The van der Waals surface area contributed by atoms with Crippen molar-refractivity contribution in [2.24, 2.45) is 0 Å². The van der Waals surface area contributed by atoms with Gasteiger partial charge in [0.25, 0.3) is 0 Å². The van der Waals surface area contributed by atoms with Gasteiger partial charge in [-0.05, 0) is 60.8 Å². The molecule has 0 saturated carbocycles. The van der Waals surface area contributed by atoms with E-state index in [4.69, 9.17) is 0 Å². The second-order valence-electron chi connectivity index (χ2n) is 8.66. The van der Waals surface area contributed by atoms with E-state index in [1.165, 1.54) is 17.7 Å². The van der Waals surface area contributed by atoms with E-state index < -0.39 is 11.7 Å². The number of aromatic nitrogens is 1. The molecule has 0 radical (unpaired) electrons. The van der Waals surface area contributed by atoms with Gasteiger partial charge in [-0.25, -0.2) is 4.98 Å². The lowest BCUT2D eigenvalue weighted by molar-refractivity contribution is -0.137. The summed E-state index contributed by atoms with van der Waals surface area (Å²) in [5, 5.41) is 3.42. The third-order valence-electron chi connectivity index (χ3n) is 6.24. The number of anilines is 2. The van der Waals surface area contributed by atoms with E-state index in [9.17, 15) is 13.2 Å². The van der Waals surface area contributed by atoms with E-state index in [0.717, 1.165) is 76.0 Å². The van der Waals surface area contributed by atoms with E-state index in [-0.39, 0.29) is 0 Å². The van der Waals surface area contributed by atoms with Crippen LogP contribution in [0, 0.1) is 0 Å². The molecule has 0 spiro atoms. The number of alkyl halides is 3. The van der Waals surface area contributed by atoms with Crippen molar-refractivity contribution >= 4 is 11.5 Å². The second-order valence-corrected chi connectivity index (χ2v) is 8.66. The molecule has 3 aromatic rings. The fourth-order valence-corrected chi connectivity index (χ4v) is 4.30. The van der Waals surface area contributed by atoms with Crippen LogP contribution in [0.2, 0.25) is 0 Å². The van der Waals surface area contributed by atoms with Gasteiger partial charge in [-0.2, -0.15) is 13.2 Å². The van der Waals surface area contributed by atoms with Crippen molar-refractivity contribution < 1.29 is 13.2 Å². The summed E-state index contributed by atoms with van der Waals surface area (Å²) in [5.74, 6) is 0.895. The number of nitrogens with one attached hydrogen (secondary N) is 1. The fraction of sp³-hybridized carbons (Fsp3) is 0.370. The quantitative estimate of drug-likeness (QED) is 0.381. The minimum atomic E-state index is -4.30. The van der Waals surface area contributed by atoms with Crippen LogP contribution in [0.15, 0.2) is 72.9 Å². The largest absolute Gasteiger partial charge is 0.416 e. The third-order valence-corrected chi connectivity index (χ3v) is 6.24. The van der Waals surface area contributed by atoms with E-state index >= 15 is 0 Å². The summed E-state index contributed by atoms with van der Waals surface area (Å²) in [5.41, 5.74) is 2.41. The Morgan fingerprint density at radius 2 is 1.59 bits per heavy atom. The van der Waals surface area contributed by atoms with Crippen LogP contribution in [0.3, 0.4) is 0 Å². The molecular formula is C27H31F3N4. The standard InChI is InChI=1S/C27H31F3N4/c28-27(29,30)24-10-7-11-25(21-24)34-18-16-33(17-19-34)15-6-2-5-13-31-26-20-23(12-14-32-26)22-8-3-1-4-9-22/h1,3-4,7-12,14,20-21H,2,5-6,13,15-19H2,(H,31,32). The van der Waals surface area contributed by atoms with Crippen LogP contribution in [0.5, 0.6) is 0 Å². The van der Waals surface area contributed by atoms with Crippen molar-refractivity contribution in [3.8, 4) is 11.1 Å². The molecule has 0 aliphatic carbocycles. The van der Waals surface area contributed by atoms with E-state index in [2.05, 4.69) is 33.4 Å². The summed E-state index contributed by atoms with van der Waals surface area (Å²) in [6.45, 7) is 5.18. The first-order chi connectivity index (χ1) is 16.5. The SMILES string of the molecule is FC(F)(F)c1cccc(N2CCN(CCCCCNc3cc(-c4ccccc4)ccn3)CC2)c1. The maximum atomic E-state index is 13.0. The topological polar surface area (TPSA) is 31.4 Å². The van der Waals surface area contributed by atoms with Crippen molar-refractivity contribution in [3.63, 3.8) is 0 Å². The molecule has 0 unspecified atom stereocenters. The Bertz CT molecular complexity index is 1030. The van der Waals surface area contributed by atoms with Gasteiger partial charge in [0.05, 0.1) is 5.56 Å². The van der Waals surface area contributed by atoms with Crippen molar-refractivity contribution in [1.82, 2.24) is 9.88 Å². The van der Waals surface area contributed by atoms with E-state index in [0.29, 0.717) is 5.69 Å². The molecule has 1 aliphatic heterocycles. The molecule has 2 heterocycles. The Morgan fingerprint density at radius 3 is 2.35 bits per heavy atom. The first-order valence-corrected chi connectivity index (χ1v) is 11.9. The molecule has 1 saturated heterocycles. The highest BCUT2D eigenvalue weighted by Gasteiger charge is 2.31. The molecular weight excluding hydrogens is 437 g/mol. The first kappa shape index (κ1) is 24.1. The zero-order chi connectivity index (χ0) is 23.8. The molecule has 0 bridgehead atoms. The minimum absolute atomic E-state index is 0.581. The zero-order valence-electron chi connectivity index (χ0n) is 19.3. The van der Waals surface area contributed by atoms with Crippen LogP contribution in [-0.4, -0.2) is 49.2 Å². The monoisotopic (exact) mass is 468 g/mol. The van der Waals surface area contributed by atoms with Crippen molar-refractivity contribution in [2.45, 2.75) is 25.4 Å². The number of hydrogen-bond donors (Lipinski definition) is 1. The predicted octanol–water partition coefficient (Wildman–Crippen LogP) is 6.17. The van der Waals surface area contributed by atoms with Gasteiger partial charge in [0.2, 0.25) is 0 Å². The molecule has 4 nitrogen and oxygen atoms in total. The average molecular weight is 469 g/mol. The van der Waals surface area contributed by atoms with Gasteiger partial charge in [0.1, 0.15) is 5.82 Å². The normalized spacial score (nSPS) is 14.9. The Kier molecular flexibility index (Phi) is 8.06. The van der Waals surface area contributed by atoms with Crippen LogP contribution < -0.4 is 10.2 Å². The number of rotatable bonds is 9. The number of hydrogen-bond acceptors (Lipinski definition) is 4. The Balaban J connectivity index is 1.13. The van der Waals surface area contributed by atoms with Crippen LogP contribution in [-0.2, 0) is 6.18 Å². The molecule has 1 aromatic heterocycles. The highest BCUT2D eigenvalue weighted by Crippen LogP contribution is 2.32. The molecule has 34 heavy (non-hydrogen) atoms. The van der Waals surface area contributed by atoms with Crippen molar-refractivity contribution in [1.29, 1.82) is 0 Å². The number of pyridine rings is 1. The molecule has 7 heteroatoms. The number of unbranched alkanes of at least 4 members (excludes halogenated alkanes) is 2. The maximum absolute atomic E-state index is 13.0. The Hall–Kier alpha value is -3.06. The summed E-state index contributed by atoms with van der Waals surface area (Å²) in [7, 11) is 0. The summed E-state index contributed by atoms with van der Waals surface area (Å²) < 4.78 is 38.9. The molecule has 1 fully saturated rings. The number of nitrogens with zero attached hydrogens (tertiary/aromatic N) is 3. The average Bonchev–Trinajstić information content (AvgIpc) is 2.87. The predicted molar refractivity (Wildman–Crippen MR) is 132 cm³/mol. The minimum Gasteiger partial charge on any atom is -0.370 e. The van der Waals surface area contributed by atoms with Gasteiger partial charge < -0.3 is 10.2 Å². The second kappa shape index (κ2) is 11.4. The highest BCUT2D eigenvalue weighted by molar-refractivity contribution is 5.66. The van der Waals surface area contributed by atoms with Crippen LogP contribution in [0.25, 0.3) is 11.1 Å². The van der Waals surface area contributed by atoms with Crippen molar-refractivity contribution in [3.05, 3.63) is 78.5 Å². The lowest BCUT2D eigenvalue weighted by Gasteiger charge is -2.36. The number of halogens is 3. The zero-order valence-corrected chi connectivity index (χ0v) is 19.3. The van der Waals surface area contributed by atoms with Gasteiger partial charge in [-0.15, -0.1) is 0 Å². The molecule has 0 amide bonds. The van der Waals surface area contributed by atoms with Gasteiger partial charge in [0, 0.05) is 44.6 Å². The molecule has 1 aliphatic rings. The van der Waals surface area contributed by atoms with E-state index in [1.54, 1.807) is 6.07 Å². The molecule has 2 aromatic carbocycles. The summed E-state index contributed by atoms with van der Waals surface area (Å²) in [6.07, 6.45) is 0.848. The Morgan fingerprint density at radius 1 is 0.794 bits per heavy atom. The summed E-state index contributed by atoms with van der Waals surface area (Å²) in [4.78, 5) is 8.87. The molecule has 4 rings (SSSR count). The van der Waals surface area contributed by atoms with E-state index in [1.807, 2.05) is 35.4 Å². The molecule has 1 N–H and O–H groups in total. The number of benzene rings is 2. The molecule has 180 valence electrons. The lowest BCUT2D eigenvalue weighted by atomic mass is 10.1. The van der Waals surface area contributed by atoms with Gasteiger partial charge in [-0.1, -0.05) is 42.8 Å². The van der Waals surface area contributed by atoms with Crippen LogP contribution >= 0.6 is 0 Å². The Labute approximate surface area is 199 Å². The first-order valence-electron chi connectivity index (χ1n) is 11.9. The summed E-state index contributed by atoms with van der Waals surface area (Å²) >= 11 is 0. The van der Waals surface area contributed by atoms with Crippen LogP contribution in [0.1, 0.15) is 24.8 Å². The van der Waals surface area contributed by atoms with Gasteiger partial charge in [-0.3, -0.25) is 4.90 Å². The third kappa shape index (κ3) is 6.73. The fourth-order valence-electron chi connectivity index (χ4n) is 4.30. The highest BCUT2D eigenvalue weighted by atomic mass is 19.4. The maximum Gasteiger partial charge on any atom is 0.416 e.